The average molecular weight is 245 g/mol. The lowest BCUT2D eigenvalue weighted by molar-refractivity contribution is 0.256. The van der Waals surface area contributed by atoms with Crippen molar-refractivity contribution in [2.24, 2.45) is 5.92 Å². The van der Waals surface area contributed by atoms with Crippen LogP contribution in [0.25, 0.3) is 11.0 Å². The van der Waals surface area contributed by atoms with Crippen molar-refractivity contribution < 1.29 is 5.11 Å². The van der Waals surface area contributed by atoms with Crippen molar-refractivity contribution in [2.75, 3.05) is 5.73 Å². The summed E-state index contributed by atoms with van der Waals surface area (Å²) < 4.78 is 2.21. The highest BCUT2D eigenvalue weighted by Gasteiger charge is 2.28. The van der Waals surface area contributed by atoms with Gasteiger partial charge in [0.25, 0.3) is 0 Å². The zero-order valence-electron chi connectivity index (χ0n) is 10.6. The number of imidazole rings is 1. The predicted octanol–water partition coefficient (Wildman–Crippen LogP) is 2.47. The van der Waals surface area contributed by atoms with E-state index in [1.807, 2.05) is 18.2 Å². The maximum atomic E-state index is 9.52. The van der Waals surface area contributed by atoms with E-state index in [0.717, 1.165) is 22.5 Å². The number of aliphatic hydroxyl groups excluding tert-OH is 1. The number of benzene rings is 1. The van der Waals surface area contributed by atoms with Crippen LogP contribution in [0.3, 0.4) is 0 Å². The summed E-state index contributed by atoms with van der Waals surface area (Å²) in [6, 6.07) is 6.26. The zero-order valence-corrected chi connectivity index (χ0v) is 10.6. The number of aromatic nitrogens is 2. The maximum Gasteiger partial charge on any atom is 0.135 e. The van der Waals surface area contributed by atoms with Gasteiger partial charge < -0.3 is 15.4 Å². The second-order valence-corrected chi connectivity index (χ2v) is 5.28. The van der Waals surface area contributed by atoms with Gasteiger partial charge in [-0.3, -0.25) is 0 Å². The van der Waals surface area contributed by atoms with Crippen LogP contribution in [0.15, 0.2) is 18.2 Å². The Kier molecular flexibility index (Phi) is 2.74. The van der Waals surface area contributed by atoms with Gasteiger partial charge in [-0.1, -0.05) is 13.3 Å². The summed E-state index contributed by atoms with van der Waals surface area (Å²) in [5.74, 6) is 1.40. The van der Waals surface area contributed by atoms with Crippen LogP contribution in [-0.4, -0.2) is 14.7 Å². The summed E-state index contributed by atoms with van der Waals surface area (Å²) in [4.78, 5) is 4.50. The molecule has 0 spiro atoms. The summed E-state index contributed by atoms with van der Waals surface area (Å²) in [6.07, 6.45) is 3.68. The van der Waals surface area contributed by atoms with E-state index in [1.165, 1.54) is 19.3 Å². The Balaban J connectivity index is 2.19. The highest BCUT2D eigenvalue weighted by molar-refractivity contribution is 5.79. The third kappa shape index (κ3) is 1.68. The van der Waals surface area contributed by atoms with E-state index in [2.05, 4.69) is 16.5 Å². The molecule has 4 heteroatoms. The number of hydrogen-bond donors (Lipinski definition) is 2. The molecular formula is C14H19N3O. The summed E-state index contributed by atoms with van der Waals surface area (Å²) in [5, 5.41) is 9.52. The molecular weight excluding hydrogens is 226 g/mol. The number of nitrogen functional groups attached to an aromatic ring is 1. The van der Waals surface area contributed by atoms with Gasteiger partial charge in [0.05, 0.1) is 11.0 Å². The van der Waals surface area contributed by atoms with E-state index in [-0.39, 0.29) is 6.61 Å². The molecule has 0 aliphatic heterocycles. The van der Waals surface area contributed by atoms with E-state index >= 15 is 0 Å². The van der Waals surface area contributed by atoms with Crippen LogP contribution in [0, 0.1) is 5.92 Å². The van der Waals surface area contributed by atoms with Crippen LogP contribution < -0.4 is 5.73 Å². The fourth-order valence-electron chi connectivity index (χ4n) is 3.16. The Morgan fingerprint density at radius 3 is 2.94 bits per heavy atom. The van der Waals surface area contributed by atoms with Crippen molar-refractivity contribution in [3.05, 3.63) is 24.0 Å². The molecule has 0 amide bonds. The van der Waals surface area contributed by atoms with E-state index in [4.69, 9.17) is 5.73 Å². The average Bonchev–Trinajstić information content (AvgIpc) is 2.91. The summed E-state index contributed by atoms with van der Waals surface area (Å²) in [7, 11) is 0. The first-order chi connectivity index (χ1) is 8.70. The van der Waals surface area contributed by atoms with Gasteiger partial charge in [0.15, 0.2) is 0 Å². The van der Waals surface area contributed by atoms with Crippen LogP contribution in [-0.2, 0) is 6.61 Å². The first-order valence-electron chi connectivity index (χ1n) is 6.58. The van der Waals surface area contributed by atoms with Gasteiger partial charge in [-0.05, 0) is 37.0 Å². The van der Waals surface area contributed by atoms with Crippen molar-refractivity contribution in [3.8, 4) is 0 Å². The Morgan fingerprint density at radius 2 is 2.28 bits per heavy atom. The minimum Gasteiger partial charge on any atom is -0.399 e. The van der Waals surface area contributed by atoms with E-state index in [1.54, 1.807) is 0 Å². The van der Waals surface area contributed by atoms with Gasteiger partial charge in [-0.15, -0.1) is 0 Å². The van der Waals surface area contributed by atoms with Gasteiger partial charge in [0.2, 0.25) is 0 Å². The van der Waals surface area contributed by atoms with Crippen LogP contribution in [0.2, 0.25) is 0 Å². The van der Waals surface area contributed by atoms with Crippen molar-refractivity contribution in [2.45, 2.75) is 38.8 Å². The molecule has 3 N–H and O–H groups in total. The second-order valence-electron chi connectivity index (χ2n) is 5.28. The molecule has 0 bridgehead atoms. The number of nitrogens with zero attached hydrogens (tertiary/aromatic N) is 2. The number of fused-ring (bicyclic) bond motifs is 1. The number of hydrogen-bond acceptors (Lipinski definition) is 3. The number of rotatable bonds is 2. The van der Waals surface area contributed by atoms with E-state index in [9.17, 15) is 5.11 Å². The molecule has 1 aromatic carbocycles. The fourth-order valence-corrected chi connectivity index (χ4v) is 3.16. The Labute approximate surface area is 106 Å². The van der Waals surface area contributed by atoms with Crippen molar-refractivity contribution in [3.63, 3.8) is 0 Å². The normalized spacial score (nSPS) is 23.9. The van der Waals surface area contributed by atoms with Crippen molar-refractivity contribution >= 4 is 16.7 Å². The standard InChI is InChI=1S/C14H19N3O/c1-9-3-2-4-12(9)17-13-6-5-10(15)7-11(13)16-14(17)8-18/h5-7,9,12,18H,2-4,8,15H2,1H3. The molecule has 1 saturated carbocycles. The second kappa shape index (κ2) is 4.28. The molecule has 3 rings (SSSR count). The van der Waals surface area contributed by atoms with Crippen LogP contribution >= 0.6 is 0 Å². The highest BCUT2D eigenvalue weighted by atomic mass is 16.3. The molecule has 1 aromatic heterocycles. The minimum absolute atomic E-state index is 0.0161. The smallest absolute Gasteiger partial charge is 0.135 e. The largest absolute Gasteiger partial charge is 0.399 e. The number of aliphatic hydroxyl groups is 1. The molecule has 18 heavy (non-hydrogen) atoms. The summed E-state index contributed by atoms with van der Waals surface area (Å²) in [5.41, 5.74) is 8.49. The van der Waals surface area contributed by atoms with Gasteiger partial charge in [0.1, 0.15) is 12.4 Å². The molecule has 0 saturated heterocycles. The van der Waals surface area contributed by atoms with Gasteiger partial charge in [-0.2, -0.15) is 0 Å². The molecule has 2 atom stereocenters. The SMILES string of the molecule is CC1CCCC1n1c(CO)nc2cc(N)ccc21. The fraction of sp³-hybridized carbons (Fsp3) is 0.500. The minimum atomic E-state index is -0.0161. The lowest BCUT2D eigenvalue weighted by atomic mass is 10.1. The highest BCUT2D eigenvalue weighted by Crippen LogP contribution is 2.38. The van der Waals surface area contributed by atoms with E-state index < -0.39 is 0 Å². The molecule has 2 aromatic rings. The van der Waals surface area contributed by atoms with Crippen molar-refractivity contribution in [1.82, 2.24) is 9.55 Å². The summed E-state index contributed by atoms with van der Waals surface area (Å²) >= 11 is 0. The molecule has 2 unspecified atom stereocenters. The molecule has 1 aliphatic carbocycles. The quantitative estimate of drug-likeness (QED) is 0.799. The van der Waals surface area contributed by atoms with Crippen molar-refractivity contribution in [1.29, 1.82) is 0 Å². The molecule has 1 fully saturated rings. The summed E-state index contributed by atoms with van der Waals surface area (Å²) in [6.45, 7) is 2.26. The lowest BCUT2D eigenvalue weighted by Crippen LogP contribution is -2.14. The van der Waals surface area contributed by atoms with Crippen LogP contribution in [0.1, 0.15) is 38.1 Å². The zero-order chi connectivity index (χ0) is 12.7. The number of anilines is 1. The molecule has 96 valence electrons. The predicted molar refractivity (Wildman–Crippen MR) is 72.1 cm³/mol. The van der Waals surface area contributed by atoms with Gasteiger partial charge in [0, 0.05) is 11.7 Å². The van der Waals surface area contributed by atoms with Gasteiger partial charge >= 0.3 is 0 Å². The third-order valence-corrected chi connectivity index (χ3v) is 4.08. The van der Waals surface area contributed by atoms with Crippen LogP contribution in [0.4, 0.5) is 5.69 Å². The van der Waals surface area contributed by atoms with Gasteiger partial charge in [-0.25, -0.2) is 4.98 Å². The first kappa shape index (κ1) is 11.5. The molecule has 4 nitrogen and oxygen atoms in total. The third-order valence-electron chi connectivity index (χ3n) is 4.08. The molecule has 0 radical (unpaired) electrons. The number of nitrogens with two attached hydrogens (primary N) is 1. The van der Waals surface area contributed by atoms with Crippen LogP contribution in [0.5, 0.6) is 0 Å². The van der Waals surface area contributed by atoms with E-state index in [0.29, 0.717) is 12.0 Å². The Bertz CT molecular complexity index is 576. The molecule has 1 aliphatic rings. The Hall–Kier alpha value is -1.55. The molecule has 1 heterocycles. The monoisotopic (exact) mass is 245 g/mol. The maximum absolute atomic E-state index is 9.52. The lowest BCUT2D eigenvalue weighted by Gasteiger charge is -2.20. The Morgan fingerprint density at radius 1 is 1.44 bits per heavy atom. The topological polar surface area (TPSA) is 64.1 Å². The first-order valence-corrected chi connectivity index (χ1v) is 6.58.